The number of benzene rings is 1. The number of ether oxygens (including phenoxy) is 2. The van der Waals surface area contributed by atoms with Gasteiger partial charge in [0.2, 0.25) is 5.88 Å². The molecule has 8 heteroatoms. The number of hydrogen-bond acceptors (Lipinski definition) is 6. The molecule has 0 aliphatic heterocycles. The molecule has 156 valence electrons. The van der Waals surface area contributed by atoms with Gasteiger partial charge in [-0.1, -0.05) is 26.0 Å². The van der Waals surface area contributed by atoms with Crippen molar-refractivity contribution in [3.63, 3.8) is 0 Å². The zero-order valence-corrected chi connectivity index (χ0v) is 17.2. The molecule has 2 rings (SSSR count). The smallest absolute Gasteiger partial charge is 0.342 e. The summed E-state index contributed by atoms with van der Waals surface area (Å²) < 4.78 is 16.0. The van der Waals surface area contributed by atoms with Gasteiger partial charge in [-0.05, 0) is 44.4 Å². The van der Waals surface area contributed by atoms with Crippen molar-refractivity contribution in [3.8, 4) is 5.75 Å². The molecule has 2 amide bonds. The monoisotopic (exact) mass is 402 g/mol. The van der Waals surface area contributed by atoms with Crippen LogP contribution in [0.4, 0.5) is 5.88 Å². The predicted octanol–water partition coefficient (Wildman–Crippen LogP) is 3.39. The van der Waals surface area contributed by atoms with E-state index in [1.165, 1.54) is 6.92 Å². The zero-order chi connectivity index (χ0) is 21.7. The molecule has 0 aliphatic carbocycles. The summed E-state index contributed by atoms with van der Waals surface area (Å²) in [4.78, 5) is 36.5. The Morgan fingerprint density at radius 2 is 1.72 bits per heavy atom. The summed E-state index contributed by atoms with van der Waals surface area (Å²) in [6.45, 7) is 8.94. The van der Waals surface area contributed by atoms with Crippen LogP contribution in [0, 0.1) is 6.92 Å². The van der Waals surface area contributed by atoms with Crippen molar-refractivity contribution in [2.75, 3.05) is 11.9 Å². The van der Waals surface area contributed by atoms with Gasteiger partial charge in [-0.3, -0.25) is 14.9 Å². The number of aryl methyl sites for hydroxylation is 1. The minimum absolute atomic E-state index is 0.104. The van der Waals surface area contributed by atoms with Gasteiger partial charge in [0.25, 0.3) is 11.8 Å². The quantitative estimate of drug-likeness (QED) is 0.653. The summed E-state index contributed by atoms with van der Waals surface area (Å²) in [6.07, 6.45) is -0.892. The number of carbonyl (C=O) groups is 3. The van der Waals surface area contributed by atoms with Gasteiger partial charge in [-0.2, -0.15) is 0 Å². The van der Waals surface area contributed by atoms with Gasteiger partial charge in [-0.15, -0.1) is 0 Å². The number of anilines is 1. The molecule has 0 bridgehead atoms. The molecular weight excluding hydrogens is 376 g/mol. The van der Waals surface area contributed by atoms with Crippen molar-refractivity contribution < 1.29 is 28.3 Å². The average Bonchev–Trinajstić information content (AvgIpc) is 2.98. The molecular formula is C21H26N2O6. The molecule has 2 aromatic rings. The molecule has 3 N–H and O–H groups in total. The molecule has 0 saturated carbocycles. The van der Waals surface area contributed by atoms with Crippen molar-refractivity contribution in [1.29, 1.82) is 0 Å². The van der Waals surface area contributed by atoms with E-state index in [4.69, 9.17) is 19.6 Å². The molecule has 1 unspecified atom stereocenters. The fraction of sp³-hybridized carbons (Fsp3) is 0.381. The molecule has 29 heavy (non-hydrogen) atoms. The van der Waals surface area contributed by atoms with Crippen molar-refractivity contribution in [1.82, 2.24) is 0 Å². The van der Waals surface area contributed by atoms with Crippen LogP contribution in [0.3, 0.4) is 0 Å². The van der Waals surface area contributed by atoms with Gasteiger partial charge in [0.1, 0.15) is 22.6 Å². The highest BCUT2D eigenvalue weighted by atomic mass is 16.5. The van der Waals surface area contributed by atoms with Gasteiger partial charge in [0.05, 0.1) is 6.61 Å². The van der Waals surface area contributed by atoms with Gasteiger partial charge in [0.15, 0.2) is 6.10 Å². The Morgan fingerprint density at radius 1 is 1.10 bits per heavy atom. The van der Waals surface area contributed by atoms with E-state index in [1.807, 2.05) is 12.1 Å². The van der Waals surface area contributed by atoms with Crippen molar-refractivity contribution in [2.24, 2.45) is 5.73 Å². The fourth-order valence-electron chi connectivity index (χ4n) is 2.72. The summed E-state index contributed by atoms with van der Waals surface area (Å²) >= 11 is 0. The van der Waals surface area contributed by atoms with E-state index >= 15 is 0 Å². The zero-order valence-electron chi connectivity index (χ0n) is 17.2. The maximum absolute atomic E-state index is 12.5. The van der Waals surface area contributed by atoms with Crippen LogP contribution in [0.25, 0.3) is 0 Å². The minimum Gasteiger partial charge on any atom is -0.481 e. The van der Waals surface area contributed by atoms with Gasteiger partial charge < -0.3 is 19.6 Å². The molecule has 1 aromatic heterocycles. The first-order chi connectivity index (χ1) is 13.6. The Balaban J connectivity index is 2.18. The number of amides is 2. The third kappa shape index (κ3) is 5.16. The van der Waals surface area contributed by atoms with Crippen LogP contribution in [0.5, 0.6) is 5.75 Å². The maximum atomic E-state index is 12.5. The van der Waals surface area contributed by atoms with Crippen LogP contribution in [-0.4, -0.2) is 30.5 Å². The summed E-state index contributed by atoms with van der Waals surface area (Å²) in [7, 11) is 0. The normalized spacial score (nSPS) is 11.8. The van der Waals surface area contributed by atoms with Crippen LogP contribution in [0.2, 0.25) is 0 Å². The first-order valence-corrected chi connectivity index (χ1v) is 9.33. The van der Waals surface area contributed by atoms with Crippen LogP contribution in [0.15, 0.2) is 28.7 Å². The Morgan fingerprint density at radius 3 is 2.24 bits per heavy atom. The molecule has 0 fully saturated rings. The van der Waals surface area contributed by atoms with Crippen molar-refractivity contribution in [3.05, 3.63) is 46.7 Å². The average molecular weight is 402 g/mol. The molecule has 1 aromatic carbocycles. The van der Waals surface area contributed by atoms with E-state index in [1.54, 1.807) is 26.0 Å². The lowest BCUT2D eigenvalue weighted by molar-refractivity contribution is -0.122. The van der Waals surface area contributed by atoms with E-state index in [2.05, 4.69) is 19.2 Å². The lowest BCUT2D eigenvalue weighted by atomic mass is 10.0. The second-order valence-electron chi connectivity index (χ2n) is 6.80. The van der Waals surface area contributed by atoms with Crippen LogP contribution >= 0.6 is 0 Å². The van der Waals surface area contributed by atoms with Crippen LogP contribution < -0.4 is 15.8 Å². The van der Waals surface area contributed by atoms with Crippen LogP contribution in [0.1, 0.15) is 65.7 Å². The minimum atomic E-state index is -0.918. The first-order valence-electron chi connectivity index (χ1n) is 9.33. The second-order valence-corrected chi connectivity index (χ2v) is 6.80. The van der Waals surface area contributed by atoms with E-state index < -0.39 is 23.9 Å². The maximum Gasteiger partial charge on any atom is 0.342 e. The number of nitrogens with one attached hydrogen (secondary N) is 1. The van der Waals surface area contributed by atoms with Gasteiger partial charge in [-0.25, -0.2) is 4.79 Å². The van der Waals surface area contributed by atoms with Crippen LogP contribution in [-0.2, 0) is 9.53 Å². The largest absolute Gasteiger partial charge is 0.481 e. The number of primary amides is 1. The molecule has 8 nitrogen and oxygen atoms in total. The van der Waals surface area contributed by atoms with E-state index in [9.17, 15) is 14.4 Å². The topological polar surface area (TPSA) is 121 Å². The number of nitrogens with two attached hydrogens (primary N) is 1. The Kier molecular flexibility index (Phi) is 7.03. The third-order valence-electron chi connectivity index (χ3n) is 4.28. The highest BCUT2D eigenvalue weighted by Crippen LogP contribution is 2.28. The lowest BCUT2D eigenvalue weighted by Crippen LogP contribution is -2.31. The predicted molar refractivity (Wildman–Crippen MR) is 107 cm³/mol. The lowest BCUT2D eigenvalue weighted by Gasteiger charge is -2.15. The first kappa shape index (κ1) is 22.0. The van der Waals surface area contributed by atoms with Gasteiger partial charge >= 0.3 is 5.97 Å². The fourth-order valence-corrected chi connectivity index (χ4v) is 2.72. The van der Waals surface area contributed by atoms with E-state index in [0.717, 1.165) is 5.56 Å². The summed E-state index contributed by atoms with van der Waals surface area (Å²) in [5.74, 6) is -1.43. The Bertz CT molecular complexity index is 899. The standard InChI is InChI=1S/C21H26N2O6/c1-6-27-21(26)16-12(4)29-20(17(16)18(22)24)23-19(25)13(5)28-15-9-7-14(8-10-15)11(2)3/h7-11,13H,6H2,1-5H3,(H2,22,24)(H,23,25). The summed E-state index contributed by atoms with van der Waals surface area (Å²) in [6, 6.07) is 7.42. The highest BCUT2D eigenvalue weighted by molar-refractivity contribution is 6.10. The number of rotatable bonds is 8. The van der Waals surface area contributed by atoms with Crippen molar-refractivity contribution >= 4 is 23.7 Å². The number of carbonyl (C=O) groups excluding carboxylic acids is 3. The Labute approximate surface area is 169 Å². The Hall–Kier alpha value is -3.29. The van der Waals surface area contributed by atoms with Crippen molar-refractivity contribution in [2.45, 2.75) is 46.6 Å². The SMILES string of the molecule is CCOC(=O)c1c(C)oc(NC(=O)C(C)Oc2ccc(C(C)C)cc2)c1C(N)=O. The third-order valence-corrected chi connectivity index (χ3v) is 4.28. The van der Waals surface area contributed by atoms with Gasteiger partial charge in [0, 0.05) is 0 Å². The molecule has 0 saturated heterocycles. The number of esters is 1. The second kappa shape index (κ2) is 9.27. The number of furan rings is 1. The molecule has 1 heterocycles. The molecule has 0 spiro atoms. The highest BCUT2D eigenvalue weighted by Gasteiger charge is 2.30. The van der Waals surface area contributed by atoms with E-state index in [-0.39, 0.29) is 29.4 Å². The van der Waals surface area contributed by atoms with E-state index in [0.29, 0.717) is 11.7 Å². The summed E-state index contributed by atoms with van der Waals surface area (Å²) in [5, 5.41) is 2.46. The molecule has 0 aliphatic rings. The summed E-state index contributed by atoms with van der Waals surface area (Å²) in [5.41, 5.74) is 6.20. The molecule has 0 radical (unpaired) electrons. The number of hydrogen-bond donors (Lipinski definition) is 2. The molecule has 1 atom stereocenters.